The number of imidazole rings is 1. The Labute approximate surface area is 197 Å². The van der Waals surface area contributed by atoms with Crippen molar-refractivity contribution in [1.29, 1.82) is 0 Å². The summed E-state index contributed by atoms with van der Waals surface area (Å²) in [5, 5.41) is 9.68. The smallest absolute Gasteiger partial charge is 0.280 e. The average Bonchev–Trinajstić information content (AvgIpc) is 3.18. The van der Waals surface area contributed by atoms with Gasteiger partial charge in [0.05, 0.1) is 16.7 Å². The lowest BCUT2D eigenvalue weighted by Gasteiger charge is -2.16. The van der Waals surface area contributed by atoms with Gasteiger partial charge in [0, 0.05) is 11.6 Å². The first-order valence-corrected chi connectivity index (χ1v) is 10.5. The fourth-order valence-corrected chi connectivity index (χ4v) is 3.55. The predicted octanol–water partition coefficient (Wildman–Crippen LogP) is 3.81. The highest BCUT2D eigenvalue weighted by atomic mass is 35.5. The Kier molecular flexibility index (Phi) is 5.96. The number of aliphatic hydroxyl groups is 1. The fraction of sp³-hybridized carbons (Fsp3) is 0.217. The Morgan fingerprint density at radius 2 is 1.94 bits per heavy atom. The number of halogens is 3. The van der Waals surface area contributed by atoms with Crippen LogP contribution >= 0.6 is 11.6 Å². The van der Waals surface area contributed by atoms with Gasteiger partial charge in [0.2, 0.25) is 5.88 Å². The Bertz CT molecular complexity index is 1490. The van der Waals surface area contributed by atoms with Crippen molar-refractivity contribution >= 4 is 28.5 Å². The number of nitrogens with zero attached hydrogens (tertiary/aromatic N) is 4. The minimum Gasteiger partial charge on any atom is -0.471 e. The Balaban J connectivity index is 1.68. The molecule has 0 aliphatic rings. The van der Waals surface area contributed by atoms with E-state index in [1.807, 2.05) is 0 Å². The lowest BCUT2D eigenvalue weighted by atomic mass is 10.1. The third-order valence-corrected chi connectivity index (χ3v) is 5.40. The van der Waals surface area contributed by atoms with Crippen molar-refractivity contribution in [2.45, 2.75) is 33.0 Å². The number of hydrogen-bond donors (Lipinski definition) is 1. The van der Waals surface area contributed by atoms with Crippen molar-refractivity contribution in [2.75, 3.05) is 0 Å². The summed E-state index contributed by atoms with van der Waals surface area (Å²) in [5.41, 5.74) is -0.907. The molecule has 0 spiro atoms. The van der Waals surface area contributed by atoms with E-state index in [9.17, 15) is 23.5 Å². The van der Waals surface area contributed by atoms with Gasteiger partial charge in [-0.3, -0.25) is 18.7 Å². The van der Waals surface area contributed by atoms with E-state index in [4.69, 9.17) is 16.3 Å². The first-order valence-electron chi connectivity index (χ1n) is 10.1. The molecule has 0 saturated heterocycles. The molecule has 0 atom stereocenters. The minimum atomic E-state index is -1.59. The fourth-order valence-electron chi connectivity index (χ4n) is 3.36. The molecule has 4 aromatic rings. The number of carbonyl (C=O) groups excluding carboxylic acids is 1. The summed E-state index contributed by atoms with van der Waals surface area (Å²) >= 11 is 6.20. The lowest BCUT2D eigenvalue weighted by Crippen LogP contribution is -2.35. The first kappa shape index (κ1) is 23.5. The summed E-state index contributed by atoms with van der Waals surface area (Å²) in [7, 11) is 0. The van der Waals surface area contributed by atoms with Crippen molar-refractivity contribution in [3.63, 3.8) is 0 Å². The number of carbonyl (C=O) groups is 1. The maximum Gasteiger partial charge on any atom is 0.280 e. The molecule has 0 fully saturated rings. The van der Waals surface area contributed by atoms with E-state index in [1.165, 1.54) is 35.4 Å². The van der Waals surface area contributed by atoms with Gasteiger partial charge in [-0.15, -0.1) is 0 Å². The topological polar surface area (TPSA) is 99.2 Å². The standard InChI is InChI=1S/C23H19ClF2N4O4/c1-12-28-20(34-10-13-4-5-14(25)8-16(13)26)19(24)21(31)30(12)15-6-7-18-17(9-15)27-11-29(18)22(32)23(2,3)33/h4-9,11,33H,10H2,1-3H3. The van der Waals surface area contributed by atoms with Crippen LogP contribution in [-0.4, -0.2) is 35.7 Å². The van der Waals surface area contributed by atoms with Gasteiger partial charge in [-0.25, -0.2) is 13.8 Å². The molecule has 0 saturated carbocycles. The third kappa shape index (κ3) is 4.29. The van der Waals surface area contributed by atoms with Gasteiger partial charge in [-0.2, -0.15) is 4.98 Å². The molecule has 2 heterocycles. The molecule has 0 aliphatic carbocycles. The van der Waals surface area contributed by atoms with E-state index in [0.29, 0.717) is 16.7 Å². The van der Waals surface area contributed by atoms with Crippen LogP contribution in [0.1, 0.15) is 30.0 Å². The highest BCUT2D eigenvalue weighted by Crippen LogP contribution is 2.24. The van der Waals surface area contributed by atoms with Gasteiger partial charge in [-0.1, -0.05) is 11.6 Å². The third-order valence-electron chi connectivity index (χ3n) is 5.08. The second-order valence-corrected chi connectivity index (χ2v) is 8.47. The normalized spacial score (nSPS) is 11.7. The lowest BCUT2D eigenvalue weighted by molar-refractivity contribution is 0.0397. The number of fused-ring (bicyclic) bond motifs is 1. The second-order valence-electron chi connectivity index (χ2n) is 8.09. The van der Waals surface area contributed by atoms with Gasteiger partial charge < -0.3 is 9.84 Å². The second kappa shape index (κ2) is 8.62. The van der Waals surface area contributed by atoms with Crippen LogP contribution in [0, 0.1) is 18.6 Å². The van der Waals surface area contributed by atoms with E-state index in [0.717, 1.165) is 12.1 Å². The van der Waals surface area contributed by atoms with E-state index >= 15 is 0 Å². The maximum absolute atomic E-state index is 13.9. The minimum absolute atomic E-state index is 0.0720. The van der Waals surface area contributed by atoms with E-state index in [-0.39, 0.29) is 28.9 Å². The molecule has 0 unspecified atom stereocenters. The Morgan fingerprint density at radius 1 is 1.21 bits per heavy atom. The van der Waals surface area contributed by atoms with E-state index in [2.05, 4.69) is 9.97 Å². The summed E-state index contributed by atoms with van der Waals surface area (Å²) in [4.78, 5) is 33.8. The van der Waals surface area contributed by atoms with Crippen LogP contribution in [0.15, 0.2) is 47.5 Å². The largest absolute Gasteiger partial charge is 0.471 e. The first-order chi connectivity index (χ1) is 16.0. The number of aryl methyl sites for hydroxylation is 1. The highest BCUT2D eigenvalue weighted by molar-refractivity contribution is 6.31. The molecule has 1 N–H and O–H groups in total. The van der Waals surface area contributed by atoms with Crippen molar-refractivity contribution in [2.24, 2.45) is 0 Å². The van der Waals surface area contributed by atoms with Crippen LogP contribution in [0.5, 0.6) is 5.88 Å². The highest BCUT2D eigenvalue weighted by Gasteiger charge is 2.27. The molecule has 2 aromatic heterocycles. The molecule has 0 aliphatic heterocycles. The van der Waals surface area contributed by atoms with Crippen molar-refractivity contribution in [1.82, 2.24) is 19.1 Å². The summed E-state index contributed by atoms with van der Waals surface area (Å²) < 4.78 is 34.8. The Morgan fingerprint density at radius 3 is 2.62 bits per heavy atom. The monoisotopic (exact) mass is 488 g/mol. The predicted molar refractivity (Wildman–Crippen MR) is 120 cm³/mol. The van der Waals surface area contributed by atoms with Crippen LogP contribution in [-0.2, 0) is 6.61 Å². The van der Waals surface area contributed by atoms with Crippen LogP contribution in [0.2, 0.25) is 5.02 Å². The summed E-state index contributed by atoms with van der Waals surface area (Å²) in [6.45, 7) is 4.00. The summed E-state index contributed by atoms with van der Waals surface area (Å²) in [6.07, 6.45) is 1.29. The van der Waals surface area contributed by atoms with Crippen LogP contribution < -0.4 is 10.3 Å². The summed E-state index contributed by atoms with van der Waals surface area (Å²) in [5.74, 6) is -2.03. The quantitative estimate of drug-likeness (QED) is 0.458. The molecule has 0 bridgehead atoms. The maximum atomic E-state index is 13.9. The number of ether oxygens (including phenoxy) is 1. The molecule has 0 amide bonds. The zero-order valence-electron chi connectivity index (χ0n) is 18.3. The van der Waals surface area contributed by atoms with Gasteiger partial charge in [-0.05, 0) is 51.1 Å². The molecule has 11 heteroatoms. The molecule has 8 nitrogen and oxygen atoms in total. The van der Waals surface area contributed by atoms with E-state index in [1.54, 1.807) is 25.1 Å². The molecule has 34 heavy (non-hydrogen) atoms. The van der Waals surface area contributed by atoms with Gasteiger partial charge in [0.15, 0.2) is 5.02 Å². The van der Waals surface area contributed by atoms with Crippen molar-refractivity contribution in [3.8, 4) is 11.6 Å². The van der Waals surface area contributed by atoms with Gasteiger partial charge in [0.1, 0.15) is 36.0 Å². The van der Waals surface area contributed by atoms with E-state index < -0.39 is 28.7 Å². The molecule has 4 rings (SSSR count). The molecule has 0 radical (unpaired) electrons. The molecular weight excluding hydrogens is 470 g/mol. The van der Waals surface area contributed by atoms with Crippen LogP contribution in [0.4, 0.5) is 8.78 Å². The molecule has 2 aromatic carbocycles. The number of benzene rings is 2. The van der Waals surface area contributed by atoms with Gasteiger partial charge >= 0.3 is 0 Å². The number of rotatable bonds is 5. The Hall–Kier alpha value is -3.63. The SMILES string of the molecule is Cc1nc(OCc2ccc(F)cc2F)c(Cl)c(=O)n1-c1ccc2c(c1)ncn2C(=O)C(C)(C)O. The van der Waals surface area contributed by atoms with Crippen LogP contribution in [0.3, 0.4) is 0 Å². The number of aromatic nitrogens is 4. The molecular formula is C23H19ClF2N4O4. The zero-order chi connectivity index (χ0) is 24.8. The zero-order valence-corrected chi connectivity index (χ0v) is 19.1. The molecule has 176 valence electrons. The average molecular weight is 489 g/mol. The van der Waals surface area contributed by atoms with Crippen molar-refractivity contribution in [3.05, 3.63) is 81.1 Å². The van der Waals surface area contributed by atoms with Crippen LogP contribution in [0.25, 0.3) is 16.7 Å². The van der Waals surface area contributed by atoms with Gasteiger partial charge in [0.25, 0.3) is 11.5 Å². The summed E-state index contributed by atoms with van der Waals surface area (Å²) in [6, 6.07) is 7.78. The number of hydrogen-bond acceptors (Lipinski definition) is 6. The van der Waals surface area contributed by atoms with Crippen molar-refractivity contribution < 1.29 is 23.4 Å².